The molecule has 0 atom stereocenters. The number of nitrogens with one attached hydrogen (secondary N) is 1. The first-order valence-corrected chi connectivity index (χ1v) is 7.29. The van der Waals surface area contributed by atoms with Crippen LogP contribution in [0.1, 0.15) is 42.1 Å². The summed E-state index contributed by atoms with van der Waals surface area (Å²) in [7, 11) is 1.58. The van der Waals surface area contributed by atoms with E-state index in [-0.39, 0.29) is 12.5 Å². The standard InChI is InChI=1S/C17H22N2O2/c1-3-17(8-9-17)12-19-16(20)14-6-7-15(21-2)13(11-14)5-4-10-18/h6-7,11H,3,8-10,12,18H2,1-2H3,(H,19,20). The number of carbonyl (C=O) groups excluding carboxylic acids is 1. The lowest BCUT2D eigenvalue weighted by atomic mass is 10.0. The molecule has 1 aliphatic rings. The van der Waals surface area contributed by atoms with Gasteiger partial charge in [0.1, 0.15) is 5.75 Å². The zero-order valence-electron chi connectivity index (χ0n) is 12.7. The summed E-state index contributed by atoms with van der Waals surface area (Å²) in [5.41, 5.74) is 7.02. The number of nitrogens with two attached hydrogens (primary N) is 1. The zero-order valence-corrected chi connectivity index (χ0v) is 12.7. The van der Waals surface area contributed by atoms with E-state index in [1.54, 1.807) is 25.3 Å². The summed E-state index contributed by atoms with van der Waals surface area (Å²) in [6.45, 7) is 3.20. The Morgan fingerprint density at radius 3 is 2.81 bits per heavy atom. The molecular weight excluding hydrogens is 264 g/mol. The van der Waals surface area contributed by atoms with E-state index in [0.29, 0.717) is 22.3 Å². The third-order valence-electron chi connectivity index (χ3n) is 4.12. The number of amides is 1. The van der Waals surface area contributed by atoms with Crippen LogP contribution in [0.3, 0.4) is 0 Å². The Kier molecular flexibility index (Phi) is 4.87. The van der Waals surface area contributed by atoms with Gasteiger partial charge in [-0.2, -0.15) is 0 Å². The van der Waals surface area contributed by atoms with Gasteiger partial charge in [0.2, 0.25) is 0 Å². The Hall–Kier alpha value is -1.99. The van der Waals surface area contributed by atoms with Gasteiger partial charge in [0.05, 0.1) is 19.2 Å². The first-order chi connectivity index (χ1) is 10.1. The average molecular weight is 286 g/mol. The van der Waals surface area contributed by atoms with Gasteiger partial charge in [-0.1, -0.05) is 18.8 Å². The average Bonchev–Trinajstić information content (AvgIpc) is 3.31. The van der Waals surface area contributed by atoms with E-state index in [2.05, 4.69) is 24.1 Å². The summed E-state index contributed by atoms with van der Waals surface area (Å²) >= 11 is 0. The van der Waals surface area contributed by atoms with Gasteiger partial charge < -0.3 is 15.8 Å². The highest BCUT2D eigenvalue weighted by Gasteiger charge is 2.40. The number of hydrogen-bond donors (Lipinski definition) is 2. The summed E-state index contributed by atoms with van der Waals surface area (Å²) in [6.07, 6.45) is 3.53. The van der Waals surface area contributed by atoms with E-state index in [0.717, 1.165) is 13.0 Å². The zero-order chi connectivity index (χ0) is 15.3. The number of ether oxygens (including phenoxy) is 1. The number of rotatable bonds is 5. The van der Waals surface area contributed by atoms with E-state index in [1.807, 2.05) is 0 Å². The maximum Gasteiger partial charge on any atom is 0.251 e. The monoisotopic (exact) mass is 286 g/mol. The first-order valence-electron chi connectivity index (χ1n) is 7.29. The number of benzene rings is 1. The predicted octanol–water partition coefficient (Wildman–Crippen LogP) is 1.93. The summed E-state index contributed by atoms with van der Waals surface area (Å²) in [6, 6.07) is 5.28. The molecule has 0 aliphatic heterocycles. The molecule has 0 unspecified atom stereocenters. The van der Waals surface area contributed by atoms with Gasteiger partial charge >= 0.3 is 0 Å². The maximum absolute atomic E-state index is 12.2. The fraction of sp³-hybridized carbons (Fsp3) is 0.471. The topological polar surface area (TPSA) is 64.3 Å². The van der Waals surface area contributed by atoms with E-state index in [4.69, 9.17) is 10.5 Å². The Labute approximate surface area is 126 Å². The lowest BCUT2D eigenvalue weighted by molar-refractivity contribution is 0.0944. The highest BCUT2D eigenvalue weighted by molar-refractivity contribution is 5.94. The van der Waals surface area contributed by atoms with Crippen molar-refractivity contribution in [2.75, 3.05) is 20.2 Å². The van der Waals surface area contributed by atoms with Crippen LogP contribution in [0.2, 0.25) is 0 Å². The molecule has 0 bridgehead atoms. The maximum atomic E-state index is 12.2. The molecule has 3 N–H and O–H groups in total. The third kappa shape index (κ3) is 3.77. The molecular formula is C17H22N2O2. The molecule has 4 heteroatoms. The normalized spacial score (nSPS) is 14.8. The second-order valence-corrected chi connectivity index (χ2v) is 5.46. The molecule has 1 amide bonds. The summed E-state index contributed by atoms with van der Waals surface area (Å²) in [4.78, 5) is 12.2. The van der Waals surface area contributed by atoms with Crippen LogP contribution in [0.25, 0.3) is 0 Å². The van der Waals surface area contributed by atoms with E-state index >= 15 is 0 Å². The predicted molar refractivity (Wildman–Crippen MR) is 83.2 cm³/mol. The minimum absolute atomic E-state index is 0.0619. The van der Waals surface area contributed by atoms with Crippen LogP contribution in [0.5, 0.6) is 5.75 Å². The quantitative estimate of drug-likeness (QED) is 0.813. The second-order valence-electron chi connectivity index (χ2n) is 5.46. The van der Waals surface area contributed by atoms with Gasteiger partial charge in [-0.15, -0.1) is 0 Å². The van der Waals surface area contributed by atoms with Crippen LogP contribution in [-0.2, 0) is 0 Å². The highest BCUT2D eigenvalue weighted by atomic mass is 16.5. The molecule has 0 aromatic heterocycles. The number of hydrogen-bond acceptors (Lipinski definition) is 3. The fourth-order valence-corrected chi connectivity index (χ4v) is 2.30. The molecule has 21 heavy (non-hydrogen) atoms. The molecule has 0 radical (unpaired) electrons. The molecule has 4 nitrogen and oxygen atoms in total. The van der Waals surface area contributed by atoms with E-state index in [1.165, 1.54) is 12.8 Å². The lowest BCUT2D eigenvalue weighted by Gasteiger charge is -2.14. The van der Waals surface area contributed by atoms with Crippen LogP contribution in [0.15, 0.2) is 18.2 Å². The van der Waals surface area contributed by atoms with Crippen LogP contribution < -0.4 is 15.8 Å². The Morgan fingerprint density at radius 1 is 1.48 bits per heavy atom. The molecule has 0 spiro atoms. The summed E-state index contributed by atoms with van der Waals surface area (Å²) < 4.78 is 5.24. The largest absolute Gasteiger partial charge is 0.495 e. The second kappa shape index (κ2) is 6.64. The van der Waals surface area contributed by atoms with Crippen molar-refractivity contribution in [1.29, 1.82) is 0 Å². The molecule has 1 aliphatic carbocycles. The van der Waals surface area contributed by atoms with Gasteiger partial charge in [-0.3, -0.25) is 4.79 Å². The van der Waals surface area contributed by atoms with Crippen LogP contribution in [0.4, 0.5) is 0 Å². The van der Waals surface area contributed by atoms with E-state index < -0.39 is 0 Å². The Morgan fingerprint density at radius 2 is 2.24 bits per heavy atom. The lowest BCUT2D eigenvalue weighted by Crippen LogP contribution is -2.30. The van der Waals surface area contributed by atoms with Gasteiger partial charge in [0, 0.05) is 12.1 Å². The van der Waals surface area contributed by atoms with Crippen molar-refractivity contribution in [2.45, 2.75) is 26.2 Å². The van der Waals surface area contributed by atoms with Crippen molar-refractivity contribution in [1.82, 2.24) is 5.32 Å². The molecule has 2 rings (SSSR count). The van der Waals surface area contributed by atoms with Crippen LogP contribution >= 0.6 is 0 Å². The minimum atomic E-state index is -0.0619. The van der Waals surface area contributed by atoms with E-state index in [9.17, 15) is 4.79 Å². The number of carbonyl (C=O) groups is 1. The fourth-order valence-electron chi connectivity index (χ4n) is 2.30. The molecule has 1 aromatic carbocycles. The smallest absolute Gasteiger partial charge is 0.251 e. The minimum Gasteiger partial charge on any atom is -0.495 e. The first kappa shape index (κ1) is 15.4. The molecule has 1 fully saturated rings. The summed E-state index contributed by atoms with van der Waals surface area (Å²) in [5, 5.41) is 3.02. The van der Waals surface area contributed by atoms with Crippen molar-refractivity contribution in [3.05, 3.63) is 29.3 Å². The van der Waals surface area contributed by atoms with Gasteiger partial charge in [0.25, 0.3) is 5.91 Å². The van der Waals surface area contributed by atoms with Crippen molar-refractivity contribution >= 4 is 5.91 Å². The van der Waals surface area contributed by atoms with Crippen molar-refractivity contribution in [2.24, 2.45) is 11.1 Å². The highest BCUT2D eigenvalue weighted by Crippen LogP contribution is 2.47. The molecule has 1 aromatic rings. The van der Waals surface area contributed by atoms with Gasteiger partial charge in [-0.25, -0.2) is 0 Å². The number of methoxy groups -OCH3 is 1. The summed E-state index contributed by atoms with van der Waals surface area (Å²) in [5.74, 6) is 6.31. The molecule has 1 saturated carbocycles. The molecule has 0 heterocycles. The van der Waals surface area contributed by atoms with Crippen molar-refractivity contribution < 1.29 is 9.53 Å². The van der Waals surface area contributed by atoms with Crippen molar-refractivity contribution in [3.8, 4) is 17.6 Å². The molecule has 0 saturated heterocycles. The van der Waals surface area contributed by atoms with Crippen LogP contribution in [0, 0.1) is 17.3 Å². The van der Waals surface area contributed by atoms with Gasteiger partial charge in [0.15, 0.2) is 0 Å². The van der Waals surface area contributed by atoms with Crippen molar-refractivity contribution in [3.63, 3.8) is 0 Å². The van der Waals surface area contributed by atoms with Gasteiger partial charge in [-0.05, 0) is 42.9 Å². The third-order valence-corrected chi connectivity index (χ3v) is 4.12. The SMILES string of the molecule is CCC1(CNC(=O)c2ccc(OC)c(C#CCN)c2)CC1. The Bertz CT molecular complexity index is 580. The van der Waals surface area contributed by atoms with Crippen LogP contribution in [-0.4, -0.2) is 26.1 Å². The molecule has 112 valence electrons. The Balaban J connectivity index is 2.10.